The van der Waals surface area contributed by atoms with E-state index in [4.69, 9.17) is 0 Å². The van der Waals surface area contributed by atoms with E-state index in [0.29, 0.717) is 18.9 Å². The van der Waals surface area contributed by atoms with Crippen LogP contribution >= 0.6 is 0 Å². The van der Waals surface area contributed by atoms with Crippen molar-refractivity contribution in [1.82, 2.24) is 10.2 Å². The number of anilines is 1. The summed E-state index contributed by atoms with van der Waals surface area (Å²) < 4.78 is 38.4. The van der Waals surface area contributed by atoms with Crippen molar-refractivity contribution in [3.8, 4) is 0 Å². The Morgan fingerprint density at radius 2 is 1.89 bits per heavy atom. The van der Waals surface area contributed by atoms with E-state index < -0.39 is 28.4 Å². The molecule has 2 aliphatic heterocycles. The molecule has 3 rings (SSSR count). The largest absolute Gasteiger partial charge is 0.416 e. The van der Waals surface area contributed by atoms with Crippen LogP contribution in [0.5, 0.6) is 0 Å². The Morgan fingerprint density at radius 1 is 1.22 bits per heavy atom. The number of carbonyl (C=O) groups is 2. The van der Waals surface area contributed by atoms with Gasteiger partial charge in [0.05, 0.1) is 10.5 Å². The van der Waals surface area contributed by atoms with Gasteiger partial charge in [-0.25, -0.2) is 0 Å². The highest BCUT2D eigenvalue weighted by Crippen LogP contribution is 2.36. The Morgan fingerprint density at radius 3 is 2.41 bits per heavy atom. The summed E-state index contributed by atoms with van der Waals surface area (Å²) in [6.45, 7) is 1.03. The Balaban J connectivity index is 1.71. The van der Waals surface area contributed by atoms with Crippen LogP contribution in [0.15, 0.2) is 18.2 Å². The number of halogens is 3. The number of piperazine rings is 1. The lowest BCUT2D eigenvalue weighted by atomic mass is 10.1. The smallest absolute Gasteiger partial charge is 0.362 e. The van der Waals surface area contributed by atoms with E-state index in [0.717, 1.165) is 12.1 Å². The molecule has 0 spiro atoms. The van der Waals surface area contributed by atoms with Gasteiger partial charge in [-0.05, 0) is 18.6 Å². The van der Waals surface area contributed by atoms with Gasteiger partial charge in [0.25, 0.3) is 5.69 Å². The van der Waals surface area contributed by atoms with Crippen molar-refractivity contribution in [2.45, 2.75) is 25.1 Å². The molecule has 146 valence electrons. The third kappa shape index (κ3) is 3.96. The fourth-order valence-corrected chi connectivity index (χ4v) is 3.30. The number of benzene rings is 1. The Kier molecular flexibility index (Phi) is 4.94. The van der Waals surface area contributed by atoms with Gasteiger partial charge in [-0.1, -0.05) is 0 Å². The van der Waals surface area contributed by atoms with Crippen molar-refractivity contribution < 1.29 is 27.7 Å². The maximum atomic E-state index is 12.8. The van der Waals surface area contributed by atoms with Crippen LogP contribution in [0.1, 0.15) is 18.4 Å². The highest BCUT2D eigenvalue weighted by atomic mass is 19.4. The summed E-state index contributed by atoms with van der Waals surface area (Å²) >= 11 is 0. The zero-order valence-electron chi connectivity index (χ0n) is 14.2. The fourth-order valence-electron chi connectivity index (χ4n) is 3.30. The first-order chi connectivity index (χ1) is 12.7. The van der Waals surface area contributed by atoms with E-state index in [9.17, 15) is 32.9 Å². The van der Waals surface area contributed by atoms with Crippen LogP contribution in [0.25, 0.3) is 0 Å². The van der Waals surface area contributed by atoms with Gasteiger partial charge in [0.2, 0.25) is 11.8 Å². The zero-order valence-corrected chi connectivity index (χ0v) is 14.2. The third-order valence-corrected chi connectivity index (χ3v) is 4.72. The van der Waals surface area contributed by atoms with Crippen molar-refractivity contribution in [3.05, 3.63) is 33.9 Å². The molecule has 0 unspecified atom stereocenters. The van der Waals surface area contributed by atoms with Gasteiger partial charge in [-0.2, -0.15) is 13.2 Å². The number of rotatable bonds is 3. The van der Waals surface area contributed by atoms with Crippen LogP contribution < -0.4 is 10.2 Å². The number of nitrogens with one attached hydrogen (secondary N) is 1. The van der Waals surface area contributed by atoms with Gasteiger partial charge in [0.15, 0.2) is 0 Å². The van der Waals surface area contributed by atoms with Crippen molar-refractivity contribution >= 4 is 23.2 Å². The SMILES string of the molecule is O=C1CC[C@H](C(=O)N2CCN(c3ccc(C(F)(F)F)cc3[N+](=O)[O-])CC2)N1. The highest BCUT2D eigenvalue weighted by Gasteiger charge is 2.35. The van der Waals surface area contributed by atoms with Crippen LogP contribution in [0.3, 0.4) is 0 Å². The number of hydrogen-bond acceptors (Lipinski definition) is 5. The number of hydrogen-bond donors (Lipinski definition) is 1. The second-order valence-electron chi connectivity index (χ2n) is 6.43. The van der Waals surface area contributed by atoms with Crippen molar-refractivity contribution in [2.24, 2.45) is 0 Å². The van der Waals surface area contributed by atoms with Gasteiger partial charge >= 0.3 is 6.18 Å². The van der Waals surface area contributed by atoms with Crippen LogP contribution in [0, 0.1) is 10.1 Å². The molecule has 27 heavy (non-hydrogen) atoms. The highest BCUT2D eigenvalue weighted by molar-refractivity contribution is 5.91. The lowest BCUT2D eigenvalue weighted by molar-refractivity contribution is -0.384. The van der Waals surface area contributed by atoms with Gasteiger partial charge in [0, 0.05) is 38.7 Å². The van der Waals surface area contributed by atoms with Gasteiger partial charge in [0.1, 0.15) is 11.7 Å². The minimum Gasteiger partial charge on any atom is -0.362 e. The standard InChI is InChI=1S/C16H17F3N4O4/c17-16(18,19)10-1-3-12(13(9-10)23(26)27)21-5-7-22(8-6-21)15(25)11-2-4-14(24)20-11/h1,3,9,11H,2,4-8H2,(H,20,24)/t11-/m1/s1. The maximum Gasteiger partial charge on any atom is 0.416 e. The Labute approximate surface area is 152 Å². The van der Waals surface area contributed by atoms with E-state index >= 15 is 0 Å². The zero-order chi connectivity index (χ0) is 19.8. The monoisotopic (exact) mass is 386 g/mol. The third-order valence-electron chi connectivity index (χ3n) is 4.72. The molecule has 1 N–H and O–H groups in total. The summed E-state index contributed by atoms with van der Waals surface area (Å²) in [5.41, 5.74) is -1.61. The van der Waals surface area contributed by atoms with Crippen LogP contribution in [0.2, 0.25) is 0 Å². The summed E-state index contributed by atoms with van der Waals surface area (Å²) in [5.74, 6) is -0.380. The van der Waals surface area contributed by atoms with Crippen molar-refractivity contribution in [2.75, 3.05) is 31.1 Å². The first-order valence-corrected chi connectivity index (χ1v) is 8.35. The molecular formula is C16H17F3N4O4. The van der Waals surface area contributed by atoms with Gasteiger partial charge in [-0.15, -0.1) is 0 Å². The topological polar surface area (TPSA) is 95.8 Å². The molecule has 2 fully saturated rings. The van der Waals surface area contributed by atoms with Crippen LogP contribution in [-0.2, 0) is 15.8 Å². The van der Waals surface area contributed by atoms with Crippen LogP contribution in [-0.4, -0.2) is 53.9 Å². The number of nitro benzene ring substituents is 1. The summed E-state index contributed by atoms with van der Waals surface area (Å²) in [4.78, 5) is 37.2. The minimum atomic E-state index is -4.67. The second kappa shape index (κ2) is 7.05. The maximum absolute atomic E-state index is 12.8. The Hall–Kier alpha value is -2.85. The number of carbonyl (C=O) groups excluding carboxylic acids is 2. The van der Waals surface area contributed by atoms with Crippen molar-refractivity contribution in [3.63, 3.8) is 0 Å². The molecule has 2 amide bonds. The van der Waals surface area contributed by atoms with E-state index in [1.54, 1.807) is 9.80 Å². The molecule has 2 aliphatic rings. The first kappa shape index (κ1) is 18.9. The number of alkyl halides is 3. The molecule has 1 aromatic carbocycles. The molecule has 0 saturated carbocycles. The van der Waals surface area contributed by atoms with E-state index in [2.05, 4.69) is 5.32 Å². The van der Waals surface area contributed by atoms with Gasteiger partial charge in [-0.3, -0.25) is 19.7 Å². The molecule has 2 heterocycles. The average molecular weight is 386 g/mol. The minimum absolute atomic E-state index is 0.0919. The summed E-state index contributed by atoms with van der Waals surface area (Å²) in [6.07, 6.45) is -3.93. The van der Waals surface area contributed by atoms with E-state index in [1.165, 1.54) is 0 Å². The molecule has 2 saturated heterocycles. The normalized spacial score (nSPS) is 20.6. The molecule has 1 atom stereocenters. The average Bonchev–Trinajstić information content (AvgIpc) is 3.06. The molecule has 8 nitrogen and oxygen atoms in total. The molecule has 0 aromatic heterocycles. The lowest BCUT2D eigenvalue weighted by Crippen LogP contribution is -2.53. The summed E-state index contributed by atoms with van der Waals surface area (Å²) in [5, 5.41) is 13.8. The molecule has 1 aromatic rings. The van der Waals surface area contributed by atoms with E-state index in [-0.39, 0.29) is 43.7 Å². The van der Waals surface area contributed by atoms with Crippen LogP contribution in [0.4, 0.5) is 24.5 Å². The number of nitrogens with zero attached hydrogens (tertiary/aromatic N) is 3. The summed E-state index contributed by atoms with van der Waals surface area (Å²) in [7, 11) is 0. The quantitative estimate of drug-likeness (QED) is 0.628. The molecular weight excluding hydrogens is 369 g/mol. The predicted molar refractivity (Wildman–Crippen MR) is 88.1 cm³/mol. The Bertz CT molecular complexity index is 775. The molecule has 0 aliphatic carbocycles. The number of nitro groups is 1. The predicted octanol–water partition coefficient (Wildman–Crippen LogP) is 1.54. The van der Waals surface area contributed by atoms with Crippen molar-refractivity contribution in [1.29, 1.82) is 0 Å². The molecule has 0 radical (unpaired) electrons. The molecule has 11 heteroatoms. The lowest BCUT2D eigenvalue weighted by Gasteiger charge is -2.36. The number of amides is 2. The fraction of sp³-hybridized carbons (Fsp3) is 0.500. The second-order valence-corrected chi connectivity index (χ2v) is 6.43. The van der Waals surface area contributed by atoms with Gasteiger partial charge < -0.3 is 15.1 Å². The summed E-state index contributed by atoms with van der Waals surface area (Å²) in [6, 6.07) is 1.88. The first-order valence-electron chi connectivity index (χ1n) is 8.35. The molecule has 0 bridgehead atoms. The van der Waals surface area contributed by atoms with E-state index in [1.807, 2.05) is 0 Å².